The smallest absolute Gasteiger partial charge is 0.180 e. The number of benzene rings is 2. The normalized spacial score (nSPS) is 10.5. The van der Waals surface area contributed by atoms with E-state index in [1.807, 2.05) is 55.8 Å². The SMILES string of the molecule is CCOc1cc(CNCCCn2ccnc2)cc(Cl)c1OCc1ccccc1Cl.Cl. The summed E-state index contributed by atoms with van der Waals surface area (Å²) in [5.41, 5.74) is 1.95. The van der Waals surface area contributed by atoms with Crippen molar-refractivity contribution in [2.45, 2.75) is 33.0 Å². The second-order valence-electron chi connectivity index (χ2n) is 6.55. The van der Waals surface area contributed by atoms with Crippen LogP contribution in [0.25, 0.3) is 0 Å². The van der Waals surface area contributed by atoms with Crippen molar-refractivity contribution in [3.63, 3.8) is 0 Å². The number of nitrogens with zero attached hydrogens (tertiary/aromatic N) is 2. The molecule has 0 aliphatic rings. The number of aromatic nitrogens is 2. The minimum atomic E-state index is 0. The van der Waals surface area contributed by atoms with E-state index in [0.29, 0.717) is 41.3 Å². The summed E-state index contributed by atoms with van der Waals surface area (Å²) in [6, 6.07) is 11.5. The third kappa shape index (κ3) is 7.10. The van der Waals surface area contributed by atoms with Gasteiger partial charge >= 0.3 is 0 Å². The van der Waals surface area contributed by atoms with E-state index in [9.17, 15) is 0 Å². The summed E-state index contributed by atoms with van der Waals surface area (Å²) in [5, 5.41) is 4.63. The molecule has 0 radical (unpaired) electrons. The molecule has 2 aromatic carbocycles. The van der Waals surface area contributed by atoms with Crippen LogP contribution < -0.4 is 14.8 Å². The molecule has 5 nitrogen and oxygen atoms in total. The minimum Gasteiger partial charge on any atom is -0.490 e. The third-order valence-electron chi connectivity index (χ3n) is 4.36. The monoisotopic (exact) mass is 469 g/mol. The average Bonchev–Trinajstić information content (AvgIpc) is 3.22. The van der Waals surface area contributed by atoms with Gasteiger partial charge in [0.1, 0.15) is 6.61 Å². The van der Waals surface area contributed by atoms with Crippen molar-refractivity contribution in [1.82, 2.24) is 14.9 Å². The fraction of sp³-hybridized carbons (Fsp3) is 0.318. The predicted octanol–water partition coefficient (Wildman–Crippen LogP) is 5.77. The zero-order valence-corrected chi connectivity index (χ0v) is 19.1. The topological polar surface area (TPSA) is 48.3 Å². The van der Waals surface area contributed by atoms with Crippen LogP contribution in [-0.4, -0.2) is 22.7 Å². The maximum atomic E-state index is 6.51. The highest BCUT2D eigenvalue weighted by Gasteiger charge is 2.13. The first-order valence-electron chi connectivity index (χ1n) is 9.65. The van der Waals surface area contributed by atoms with Crippen LogP contribution in [0.1, 0.15) is 24.5 Å². The number of hydrogen-bond donors (Lipinski definition) is 1. The van der Waals surface area contributed by atoms with Crippen LogP contribution in [0, 0.1) is 0 Å². The second kappa shape index (κ2) is 12.7. The van der Waals surface area contributed by atoms with E-state index in [2.05, 4.69) is 14.9 Å². The maximum Gasteiger partial charge on any atom is 0.180 e. The summed E-state index contributed by atoms with van der Waals surface area (Å²) in [5.74, 6) is 1.18. The highest BCUT2D eigenvalue weighted by atomic mass is 35.5. The number of rotatable bonds is 11. The molecule has 0 aliphatic carbocycles. The van der Waals surface area contributed by atoms with Crippen molar-refractivity contribution in [2.24, 2.45) is 0 Å². The molecule has 3 aromatic rings. The molecule has 30 heavy (non-hydrogen) atoms. The van der Waals surface area contributed by atoms with Gasteiger partial charge in [0, 0.05) is 36.1 Å². The van der Waals surface area contributed by atoms with Crippen molar-refractivity contribution >= 4 is 35.6 Å². The Morgan fingerprint density at radius 2 is 1.93 bits per heavy atom. The van der Waals surface area contributed by atoms with E-state index in [-0.39, 0.29) is 12.4 Å². The molecule has 0 fully saturated rings. The first kappa shape index (κ1) is 24.4. The first-order valence-corrected chi connectivity index (χ1v) is 10.4. The van der Waals surface area contributed by atoms with Crippen molar-refractivity contribution in [3.8, 4) is 11.5 Å². The molecule has 0 unspecified atom stereocenters. The van der Waals surface area contributed by atoms with E-state index < -0.39 is 0 Å². The molecule has 0 amide bonds. The van der Waals surface area contributed by atoms with Gasteiger partial charge < -0.3 is 19.4 Å². The Morgan fingerprint density at radius 1 is 1.10 bits per heavy atom. The average molecular weight is 471 g/mol. The fourth-order valence-electron chi connectivity index (χ4n) is 2.93. The maximum absolute atomic E-state index is 6.51. The van der Waals surface area contributed by atoms with Crippen molar-refractivity contribution in [2.75, 3.05) is 13.2 Å². The molecule has 1 aromatic heterocycles. The highest BCUT2D eigenvalue weighted by molar-refractivity contribution is 6.32. The van der Waals surface area contributed by atoms with Crippen LogP contribution in [0.2, 0.25) is 10.0 Å². The summed E-state index contributed by atoms with van der Waals surface area (Å²) >= 11 is 12.7. The Hall–Kier alpha value is -1.92. The van der Waals surface area contributed by atoms with Crippen LogP contribution in [0.4, 0.5) is 0 Å². The summed E-state index contributed by atoms with van der Waals surface area (Å²) in [6.07, 6.45) is 6.60. The molecule has 0 saturated carbocycles. The lowest BCUT2D eigenvalue weighted by molar-refractivity contribution is 0.269. The molecule has 0 spiro atoms. The Kier molecular flexibility index (Phi) is 10.3. The van der Waals surface area contributed by atoms with Crippen molar-refractivity contribution in [3.05, 3.63) is 76.3 Å². The molecule has 0 bridgehead atoms. The third-order valence-corrected chi connectivity index (χ3v) is 5.01. The number of nitrogens with one attached hydrogen (secondary N) is 1. The molecule has 0 atom stereocenters. The number of halogens is 3. The lowest BCUT2D eigenvalue weighted by Crippen LogP contribution is -2.16. The van der Waals surface area contributed by atoms with Crippen LogP contribution in [0.5, 0.6) is 11.5 Å². The Balaban J connectivity index is 0.00000320. The summed E-state index contributed by atoms with van der Waals surface area (Å²) in [6.45, 7) is 5.32. The van der Waals surface area contributed by atoms with E-state index in [1.54, 1.807) is 6.20 Å². The Labute approximate surface area is 193 Å². The number of hydrogen-bond acceptors (Lipinski definition) is 4. The van der Waals surface area contributed by atoms with Gasteiger partial charge in [0.25, 0.3) is 0 Å². The minimum absolute atomic E-state index is 0. The van der Waals surface area contributed by atoms with Crippen LogP contribution >= 0.6 is 35.6 Å². The van der Waals surface area contributed by atoms with Gasteiger partial charge in [-0.3, -0.25) is 0 Å². The molecule has 8 heteroatoms. The quantitative estimate of drug-likeness (QED) is 0.361. The standard InChI is InChI=1S/C22H25Cl2N3O2.ClH/c1-2-28-21-13-17(14-25-8-5-10-27-11-9-26-16-27)12-20(24)22(21)29-15-18-6-3-4-7-19(18)23;/h3-4,6-7,9,11-13,16,25H,2,5,8,10,14-15H2,1H3;1H. The lowest BCUT2D eigenvalue weighted by Gasteiger charge is -2.16. The van der Waals surface area contributed by atoms with Gasteiger partial charge in [-0.15, -0.1) is 12.4 Å². The molecule has 0 saturated heterocycles. The molecular weight excluding hydrogens is 445 g/mol. The molecule has 1 heterocycles. The highest BCUT2D eigenvalue weighted by Crippen LogP contribution is 2.37. The van der Waals surface area contributed by atoms with E-state index in [4.69, 9.17) is 32.7 Å². The predicted molar refractivity (Wildman–Crippen MR) is 124 cm³/mol. The van der Waals surface area contributed by atoms with Gasteiger partial charge in [0.2, 0.25) is 0 Å². The molecule has 162 valence electrons. The van der Waals surface area contributed by atoms with Gasteiger partial charge in [-0.25, -0.2) is 4.98 Å². The Bertz CT molecular complexity index is 905. The van der Waals surface area contributed by atoms with Gasteiger partial charge in [-0.2, -0.15) is 0 Å². The zero-order valence-electron chi connectivity index (χ0n) is 16.8. The molecular formula is C22H26Cl3N3O2. The van der Waals surface area contributed by atoms with Crippen LogP contribution in [0.15, 0.2) is 55.1 Å². The number of ether oxygens (including phenoxy) is 2. The van der Waals surface area contributed by atoms with Crippen LogP contribution in [0.3, 0.4) is 0 Å². The Morgan fingerprint density at radius 3 is 2.67 bits per heavy atom. The van der Waals surface area contributed by atoms with Crippen LogP contribution in [-0.2, 0) is 19.7 Å². The lowest BCUT2D eigenvalue weighted by atomic mass is 10.2. The number of imidazole rings is 1. The van der Waals surface area contributed by atoms with Gasteiger partial charge in [-0.05, 0) is 43.7 Å². The summed E-state index contributed by atoms with van der Waals surface area (Å²) < 4.78 is 13.8. The first-order chi connectivity index (χ1) is 14.2. The van der Waals surface area contributed by atoms with E-state index in [0.717, 1.165) is 30.6 Å². The van der Waals surface area contributed by atoms with Gasteiger partial charge in [0.05, 0.1) is 18.0 Å². The largest absolute Gasteiger partial charge is 0.490 e. The fourth-order valence-corrected chi connectivity index (χ4v) is 3.41. The molecule has 1 N–H and O–H groups in total. The van der Waals surface area contributed by atoms with Crippen molar-refractivity contribution in [1.29, 1.82) is 0 Å². The van der Waals surface area contributed by atoms with Gasteiger partial charge in [-0.1, -0.05) is 41.4 Å². The number of aryl methyl sites for hydroxylation is 1. The summed E-state index contributed by atoms with van der Waals surface area (Å²) in [7, 11) is 0. The molecule has 0 aliphatic heterocycles. The van der Waals surface area contributed by atoms with E-state index in [1.165, 1.54) is 0 Å². The van der Waals surface area contributed by atoms with E-state index >= 15 is 0 Å². The zero-order chi connectivity index (χ0) is 20.5. The summed E-state index contributed by atoms with van der Waals surface area (Å²) in [4.78, 5) is 4.05. The molecule has 3 rings (SSSR count). The van der Waals surface area contributed by atoms with Gasteiger partial charge in [0.15, 0.2) is 11.5 Å². The second-order valence-corrected chi connectivity index (χ2v) is 7.36. The van der Waals surface area contributed by atoms with Crippen molar-refractivity contribution < 1.29 is 9.47 Å².